The lowest BCUT2D eigenvalue weighted by Gasteiger charge is -2.09. The van der Waals surface area contributed by atoms with E-state index < -0.39 is 12.0 Å². The number of amides is 2. The lowest BCUT2D eigenvalue weighted by atomic mass is 10.2. The van der Waals surface area contributed by atoms with Crippen LogP contribution in [0.25, 0.3) is 0 Å². The van der Waals surface area contributed by atoms with Crippen LogP contribution in [0.15, 0.2) is 48.5 Å². The monoisotopic (exact) mass is 334 g/mol. The molecular formula is C16H15ClN2O4. The minimum atomic E-state index is -0.777. The second-order valence-corrected chi connectivity index (χ2v) is 4.89. The summed E-state index contributed by atoms with van der Waals surface area (Å²) in [7, 11) is 1.57. The second kappa shape index (κ2) is 8.05. The molecule has 0 aliphatic carbocycles. The van der Waals surface area contributed by atoms with Crippen LogP contribution in [-0.4, -0.2) is 19.1 Å². The molecule has 0 bridgehead atoms. The summed E-state index contributed by atoms with van der Waals surface area (Å²) in [5, 5.41) is 0.290. The molecular weight excluding hydrogens is 320 g/mol. The van der Waals surface area contributed by atoms with Crippen LogP contribution < -0.4 is 15.6 Å². The fraction of sp³-hybridized carbons (Fsp3) is 0.125. The molecule has 2 aromatic carbocycles. The van der Waals surface area contributed by atoms with Gasteiger partial charge in [-0.3, -0.25) is 10.2 Å². The van der Waals surface area contributed by atoms with E-state index in [0.29, 0.717) is 10.8 Å². The predicted molar refractivity (Wildman–Crippen MR) is 85.2 cm³/mol. The van der Waals surface area contributed by atoms with Gasteiger partial charge < -0.3 is 9.47 Å². The van der Waals surface area contributed by atoms with Gasteiger partial charge in [0.05, 0.1) is 17.7 Å². The highest BCUT2D eigenvalue weighted by Gasteiger charge is 2.10. The Kier molecular flexibility index (Phi) is 5.82. The first kappa shape index (κ1) is 16.6. The Bertz CT molecular complexity index is 689. The zero-order valence-electron chi connectivity index (χ0n) is 12.3. The van der Waals surface area contributed by atoms with Crippen LogP contribution in [0, 0.1) is 0 Å². The molecule has 0 fully saturated rings. The van der Waals surface area contributed by atoms with E-state index in [1.165, 1.54) is 0 Å². The molecule has 23 heavy (non-hydrogen) atoms. The van der Waals surface area contributed by atoms with Crippen LogP contribution in [-0.2, 0) is 11.3 Å². The highest BCUT2D eigenvalue weighted by molar-refractivity contribution is 6.33. The summed E-state index contributed by atoms with van der Waals surface area (Å²) >= 11 is 5.89. The van der Waals surface area contributed by atoms with Gasteiger partial charge in [0.2, 0.25) is 0 Å². The highest BCUT2D eigenvalue weighted by atomic mass is 35.5. The summed E-state index contributed by atoms with van der Waals surface area (Å²) in [6.45, 7) is 0.0673. The number of rotatable bonds is 4. The maximum atomic E-state index is 11.8. The molecule has 7 heteroatoms. The quantitative estimate of drug-likeness (QED) is 0.843. The Hall–Kier alpha value is -2.73. The number of carbonyl (C=O) groups excluding carboxylic acids is 2. The first-order valence-electron chi connectivity index (χ1n) is 6.70. The molecule has 0 aliphatic rings. The van der Waals surface area contributed by atoms with Crippen molar-refractivity contribution in [3.05, 3.63) is 64.7 Å². The minimum absolute atomic E-state index is 0.0673. The molecule has 0 aromatic heterocycles. The summed E-state index contributed by atoms with van der Waals surface area (Å²) in [6, 6.07) is 13.6. The van der Waals surface area contributed by atoms with Gasteiger partial charge in [0.25, 0.3) is 5.91 Å². The number of hydrazine groups is 1. The predicted octanol–water partition coefficient (Wildman–Crippen LogP) is 2.92. The van der Waals surface area contributed by atoms with E-state index in [4.69, 9.17) is 21.1 Å². The standard InChI is InChI=1S/C16H15ClN2O4/c1-22-12-8-6-11(7-9-12)10-23-16(21)19-18-15(20)13-4-2-3-5-14(13)17/h2-9H,10H2,1H3,(H,18,20)(H,19,21). The third kappa shape index (κ3) is 4.89. The summed E-state index contributed by atoms with van der Waals surface area (Å²) in [4.78, 5) is 23.4. The molecule has 2 amide bonds. The van der Waals surface area contributed by atoms with Gasteiger partial charge in [-0.25, -0.2) is 10.2 Å². The molecule has 6 nitrogen and oxygen atoms in total. The van der Waals surface area contributed by atoms with Gasteiger partial charge in [-0.1, -0.05) is 35.9 Å². The second-order valence-electron chi connectivity index (χ2n) is 4.48. The van der Waals surface area contributed by atoms with E-state index in [2.05, 4.69) is 10.9 Å². The van der Waals surface area contributed by atoms with Gasteiger partial charge in [-0.15, -0.1) is 0 Å². The van der Waals surface area contributed by atoms with Crippen LogP contribution in [0.3, 0.4) is 0 Å². The van der Waals surface area contributed by atoms with E-state index in [-0.39, 0.29) is 12.2 Å². The van der Waals surface area contributed by atoms with Crippen LogP contribution in [0.2, 0.25) is 5.02 Å². The summed E-state index contributed by atoms with van der Waals surface area (Å²) in [5.41, 5.74) is 5.43. The largest absolute Gasteiger partial charge is 0.497 e. The first-order valence-corrected chi connectivity index (χ1v) is 7.08. The molecule has 0 unspecified atom stereocenters. The highest BCUT2D eigenvalue weighted by Crippen LogP contribution is 2.14. The van der Waals surface area contributed by atoms with Crippen molar-refractivity contribution in [2.75, 3.05) is 7.11 Å². The van der Waals surface area contributed by atoms with Crippen molar-refractivity contribution in [1.29, 1.82) is 0 Å². The Morgan fingerprint density at radius 3 is 2.39 bits per heavy atom. The lowest BCUT2D eigenvalue weighted by molar-refractivity contribution is 0.0905. The summed E-state index contributed by atoms with van der Waals surface area (Å²) in [6.07, 6.45) is -0.777. The maximum Gasteiger partial charge on any atom is 0.426 e. The fourth-order valence-corrected chi connectivity index (χ4v) is 1.95. The average molecular weight is 335 g/mol. The number of hydrogen-bond acceptors (Lipinski definition) is 4. The van der Waals surface area contributed by atoms with E-state index in [1.807, 2.05) is 0 Å². The smallest absolute Gasteiger partial charge is 0.426 e. The van der Waals surface area contributed by atoms with Gasteiger partial charge in [-0.2, -0.15) is 0 Å². The zero-order chi connectivity index (χ0) is 16.7. The number of methoxy groups -OCH3 is 1. The molecule has 120 valence electrons. The van der Waals surface area contributed by atoms with E-state index in [0.717, 1.165) is 5.56 Å². The van der Waals surface area contributed by atoms with Gasteiger partial charge in [0.1, 0.15) is 12.4 Å². The molecule has 2 aromatic rings. The van der Waals surface area contributed by atoms with E-state index in [1.54, 1.807) is 55.6 Å². The molecule has 0 radical (unpaired) electrons. The SMILES string of the molecule is COc1ccc(COC(=O)NNC(=O)c2ccccc2Cl)cc1. The number of hydrogen-bond donors (Lipinski definition) is 2. The third-order valence-electron chi connectivity index (χ3n) is 2.93. The number of nitrogens with one attached hydrogen (secondary N) is 2. The average Bonchev–Trinajstić information content (AvgIpc) is 2.58. The number of ether oxygens (including phenoxy) is 2. The topological polar surface area (TPSA) is 76.7 Å². The number of halogens is 1. The van der Waals surface area contributed by atoms with Crippen molar-refractivity contribution in [3.63, 3.8) is 0 Å². The molecule has 0 atom stereocenters. The molecule has 0 heterocycles. The molecule has 0 spiro atoms. The van der Waals surface area contributed by atoms with Crippen LogP contribution in [0.1, 0.15) is 15.9 Å². The van der Waals surface area contributed by atoms with Crippen molar-refractivity contribution in [2.45, 2.75) is 6.61 Å². The molecule has 0 saturated carbocycles. The van der Waals surface area contributed by atoms with Crippen LogP contribution in [0.5, 0.6) is 5.75 Å². The van der Waals surface area contributed by atoms with Crippen molar-refractivity contribution in [2.24, 2.45) is 0 Å². The lowest BCUT2D eigenvalue weighted by Crippen LogP contribution is -2.41. The van der Waals surface area contributed by atoms with Crippen molar-refractivity contribution in [3.8, 4) is 5.75 Å². The fourth-order valence-electron chi connectivity index (χ4n) is 1.73. The Morgan fingerprint density at radius 2 is 1.74 bits per heavy atom. The molecule has 2 rings (SSSR count). The zero-order valence-corrected chi connectivity index (χ0v) is 13.1. The normalized spacial score (nSPS) is 9.83. The van der Waals surface area contributed by atoms with Gasteiger partial charge in [0.15, 0.2) is 0 Å². The van der Waals surface area contributed by atoms with E-state index in [9.17, 15) is 9.59 Å². The Balaban J connectivity index is 1.78. The Morgan fingerprint density at radius 1 is 1.04 bits per heavy atom. The van der Waals surface area contributed by atoms with Crippen molar-refractivity contribution < 1.29 is 19.1 Å². The Labute approximate surface area is 138 Å². The summed E-state index contributed by atoms with van der Waals surface area (Å²) < 4.78 is 10.0. The molecule has 2 N–H and O–H groups in total. The summed E-state index contributed by atoms with van der Waals surface area (Å²) in [5.74, 6) is 0.183. The van der Waals surface area contributed by atoms with E-state index >= 15 is 0 Å². The molecule has 0 aliphatic heterocycles. The molecule has 0 saturated heterocycles. The van der Waals surface area contributed by atoms with Crippen LogP contribution >= 0.6 is 11.6 Å². The first-order chi connectivity index (χ1) is 11.1. The van der Waals surface area contributed by atoms with Gasteiger partial charge in [-0.05, 0) is 29.8 Å². The number of carbonyl (C=O) groups is 2. The maximum absolute atomic E-state index is 11.8. The minimum Gasteiger partial charge on any atom is -0.497 e. The van der Waals surface area contributed by atoms with Crippen molar-refractivity contribution >= 4 is 23.6 Å². The van der Waals surface area contributed by atoms with Crippen molar-refractivity contribution in [1.82, 2.24) is 10.9 Å². The van der Waals surface area contributed by atoms with Gasteiger partial charge >= 0.3 is 6.09 Å². The van der Waals surface area contributed by atoms with Crippen LogP contribution in [0.4, 0.5) is 4.79 Å². The number of benzene rings is 2. The van der Waals surface area contributed by atoms with Gasteiger partial charge in [0, 0.05) is 0 Å². The third-order valence-corrected chi connectivity index (χ3v) is 3.26.